The normalized spacial score (nSPS) is 10.7. The van der Waals surface area contributed by atoms with E-state index in [1.54, 1.807) is 55.6 Å². The van der Waals surface area contributed by atoms with Crippen molar-refractivity contribution in [2.45, 2.75) is 20.8 Å². The number of benzene rings is 2. The summed E-state index contributed by atoms with van der Waals surface area (Å²) in [7, 11) is 1.55. The topological polar surface area (TPSA) is 109 Å². The molecule has 4 N–H and O–H groups in total. The average Bonchev–Trinajstić information content (AvgIpc) is 2.71. The maximum Gasteiger partial charge on any atom is 0.319 e. The molecule has 0 aromatic heterocycles. The van der Waals surface area contributed by atoms with Crippen molar-refractivity contribution in [1.29, 1.82) is 0 Å². The zero-order chi connectivity index (χ0) is 22.1. The largest absolute Gasteiger partial charge is 0.497 e. The van der Waals surface area contributed by atoms with Crippen LogP contribution in [0.5, 0.6) is 5.75 Å². The van der Waals surface area contributed by atoms with Gasteiger partial charge in [-0.3, -0.25) is 9.59 Å². The number of methoxy groups -OCH3 is 1. The number of hydrogen-bond donors (Lipinski definition) is 4. The maximum absolute atomic E-state index is 12.2. The first-order valence-electron chi connectivity index (χ1n) is 9.57. The van der Waals surface area contributed by atoms with E-state index in [-0.39, 0.29) is 30.9 Å². The van der Waals surface area contributed by atoms with Gasteiger partial charge in [-0.25, -0.2) is 4.79 Å². The molecule has 0 aliphatic rings. The minimum absolute atomic E-state index is 0.0991. The lowest BCUT2D eigenvalue weighted by Gasteiger charge is -2.17. The summed E-state index contributed by atoms with van der Waals surface area (Å²) in [5.41, 5.74) is 1.20. The predicted molar refractivity (Wildman–Crippen MR) is 117 cm³/mol. The van der Waals surface area contributed by atoms with Crippen LogP contribution < -0.4 is 26.0 Å². The van der Waals surface area contributed by atoms with Gasteiger partial charge >= 0.3 is 6.03 Å². The van der Waals surface area contributed by atoms with Crippen molar-refractivity contribution in [3.05, 3.63) is 54.1 Å². The molecule has 2 aromatic carbocycles. The molecule has 30 heavy (non-hydrogen) atoms. The van der Waals surface area contributed by atoms with Crippen molar-refractivity contribution >= 4 is 29.2 Å². The van der Waals surface area contributed by atoms with Crippen molar-refractivity contribution in [3.8, 4) is 5.75 Å². The summed E-state index contributed by atoms with van der Waals surface area (Å²) in [5, 5.41) is 10.9. The minimum Gasteiger partial charge on any atom is -0.497 e. The third-order valence-corrected chi connectivity index (χ3v) is 4.11. The van der Waals surface area contributed by atoms with E-state index in [0.717, 1.165) is 0 Å². The van der Waals surface area contributed by atoms with E-state index >= 15 is 0 Å². The van der Waals surface area contributed by atoms with E-state index < -0.39 is 5.41 Å². The van der Waals surface area contributed by atoms with E-state index in [0.29, 0.717) is 22.7 Å². The van der Waals surface area contributed by atoms with Crippen molar-refractivity contribution < 1.29 is 19.1 Å². The molecule has 0 aliphatic heterocycles. The highest BCUT2D eigenvalue weighted by atomic mass is 16.5. The van der Waals surface area contributed by atoms with Crippen molar-refractivity contribution in [2.24, 2.45) is 5.41 Å². The second kappa shape index (κ2) is 10.3. The van der Waals surface area contributed by atoms with Crippen molar-refractivity contribution in [3.63, 3.8) is 0 Å². The smallest absolute Gasteiger partial charge is 0.319 e. The number of anilines is 2. The van der Waals surface area contributed by atoms with Gasteiger partial charge < -0.3 is 26.0 Å². The highest BCUT2D eigenvalue weighted by Gasteiger charge is 2.21. The zero-order valence-electron chi connectivity index (χ0n) is 17.7. The van der Waals surface area contributed by atoms with Crippen LogP contribution in [0.25, 0.3) is 0 Å². The molecule has 0 saturated heterocycles. The monoisotopic (exact) mass is 412 g/mol. The lowest BCUT2D eigenvalue weighted by atomic mass is 9.95. The maximum atomic E-state index is 12.2. The van der Waals surface area contributed by atoms with E-state index in [4.69, 9.17) is 4.74 Å². The number of hydrogen-bond acceptors (Lipinski definition) is 4. The molecule has 0 saturated carbocycles. The fourth-order valence-corrected chi connectivity index (χ4v) is 2.35. The molecule has 4 amide bonds. The molecular weight excluding hydrogens is 384 g/mol. The number of rotatable bonds is 7. The van der Waals surface area contributed by atoms with Crippen molar-refractivity contribution in [2.75, 3.05) is 30.8 Å². The molecule has 0 fully saturated rings. The number of ether oxygens (including phenoxy) is 1. The van der Waals surface area contributed by atoms with E-state index in [1.165, 1.54) is 0 Å². The predicted octanol–water partition coefficient (Wildman–Crippen LogP) is 3.23. The first-order chi connectivity index (χ1) is 14.2. The Labute approximate surface area is 176 Å². The summed E-state index contributed by atoms with van der Waals surface area (Å²) in [5.74, 6) is 0.278. The second-order valence-electron chi connectivity index (χ2n) is 7.65. The molecule has 160 valence electrons. The molecule has 8 nitrogen and oxygen atoms in total. The Hall–Kier alpha value is -3.55. The zero-order valence-corrected chi connectivity index (χ0v) is 17.7. The Morgan fingerprint density at radius 1 is 0.867 bits per heavy atom. The lowest BCUT2D eigenvalue weighted by molar-refractivity contribution is -0.123. The molecule has 2 aromatic rings. The number of carbonyl (C=O) groups excluding carboxylic acids is 3. The summed E-state index contributed by atoms with van der Waals surface area (Å²) >= 11 is 0. The minimum atomic E-state index is -0.498. The Bertz CT molecular complexity index is 889. The number of urea groups is 1. The van der Waals surface area contributed by atoms with Gasteiger partial charge in [-0.05, 0) is 36.4 Å². The fraction of sp³-hybridized carbons (Fsp3) is 0.318. The first kappa shape index (κ1) is 22.7. The third kappa shape index (κ3) is 7.12. The van der Waals surface area contributed by atoms with E-state index in [1.807, 2.05) is 20.8 Å². The van der Waals surface area contributed by atoms with Crippen LogP contribution in [0, 0.1) is 5.41 Å². The van der Waals surface area contributed by atoms with Crippen molar-refractivity contribution in [1.82, 2.24) is 10.6 Å². The highest BCUT2D eigenvalue weighted by molar-refractivity contribution is 5.97. The number of nitrogens with one attached hydrogen (secondary N) is 4. The van der Waals surface area contributed by atoms with Gasteiger partial charge in [-0.15, -0.1) is 0 Å². The molecule has 0 aliphatic carbocycles. The average molecular weight is 412 g/mol. The summed E-state index contributed by atoms with van der Waals surface area (Å²) in [6.07, 6.45) is 0. The second-order valence-corrected chi connectivity index (χ2v) is 7.65. The van der Waals surface area contributed by atoms with E-state index in [2.05, 4.69) is 21.3 Å². The van der Waals surface area contributed by atoms with Crippen LogP contribution in [-0.2, 0) is 4.79 Å². The summed E-state index contributed by atoms with van der Waals surface area (Å²) < 4.78 is 5.10. The van der Waals surface area contributed by atoms with Gasteiger partial charge in [-0.1, -0.05) is 26.8 Å². The van der Waals surface area contributed by atoms with Gasteiger partial charge in [0, 0.05) is 41.5 Å². The Morgan fingerprint density at radius 3 is 2.17 bits per heavy atom. The van der Waals surface area contributed by atoms with Gasteiger partial charge in [0.2, 0.25) is 5.91 Å². The van der Waals surface area contributed by atoms with Gasteiger partial charge in [0.15, 0.2) is 0 Å². The summed E-state index contributed by atoms with van der Waals surface area (Å²) in [6.45, 7) is 6.02. The van der Waals surface area contributed by atoms with Crippen LogP contribution in [0.15, 0.2) is 48.5 Å². The lowest BCUT2D eigenvalue weighted by Crippen LogP contribution is -2.36. The number of amides is 4. The Morgan fingerprint density at radius 2 is 1.53 bits per heavy atom. The van der Waals surface area contributed by atoms with Gasteiger partial charge in [0.05, 0.1) is 7.11 Å². The summed E-state index contributed by atoms with van der Waals surface area (Å²) in [4.78, 5) is 36.1. The molecule has 2 rings (SSSR count). The standard InChI is InChI=1S/C22H28N4O4/c1-22(2,3)20(28)25-16-10-8-15(9-11-16)19(27)23-12-13-24-21(29)26-17-6-5-7-18(14-17)30-4/h5-11,14H,12-13H2,1-4H3,(H,23,27)(H,25,28)(H2,24,26,29). The highest BCUT2D eigenvalue weighted by Crippen LogP contribution is 2.18. The molecule has 0 spiro atoms. The van der Waals surface area contributed by atoms with Crippen LogP contribution >= 0.6 is 0 Å². The van der Waals surface area contributed by atoms with Gasteiger partial charge in [0.25, 0.3) is 5.91 Å². The van der Waals surface area contributed by atoms with Crippen LogP contribution in [0.1, 0.15) is 31.1 Å². The molecule has 0 bridgehead atoms. The Balaban J connectivity index is 1.73. The van der Waals surface area contributed by atoms with Crippen LogP contribution in [-0.4, -0.2) is 38.0 Å². The molecule has 0 heterocycles. The molecule has 0 radical (unpaired) electrons. The molecule has 0 unspecified atom stereocenters. The summed E-state index contributed by atoms with van der Waals surface area (Å²) in [6, 6.07) is 13.3. The van der Waals surface area contributed by atoms with Crippen LogP contribution in [0.3, 0.4) is 0 Å². The van der Waals surface area contributed by atoms with E-state index in [9.17, 15) is 14.4 Å². The molecule has 0 atom stereocenters. The SMILES string of the molecule is COc1cccc(NC(=O)NCCNC(=O)c2ccc(NC(=O)C(C)(C)C)cc2)c1. The van der Waals surface area contributed by atoms with Crippen LogP contribution in [0.4, 0.5) is 16.2 Å². The first-order valence-corrected chi connectivity index (χ1v) is 9.57. The fourth-order valence-electron chi connectivity index (χ4n) is 2.35. The number of carbonyl (C=O) groups is 3. The van der Waals surface area contributed by atoms with Gasteiger partial charge in [0.1, 0.15) is 5.75 Å². The molecule has 8 heteroatoms. The van der Waals surface area contributed by atoms with Gasteiger partial charge in [-0.2, -0.15) is 0 Å². The van der Waals surface area contributed by atoms with Crippen LogP contribution in [0.2, 0.25) is 0 Å². The molecular formula is C22H28N4O4. The third-order valence-electron chi connectivity index (χ3n) is 4.11. The quantitative estimate of drug-likeness (QED) is 0.524. The Kier molecular flexibility index (Phi) is 7.80.